The fraction of sp³-hybridized carbons (Fsp3) is 0.417. The molecule has 1 fully saturated rings. The molecule has 0 aliphatic carbocycles. The Morgan fingerprint density at radius 3 is 2.94 bits per heavy atom. The van der Waals surface area contributed by atoms with Gasteiger partial charge in [0.05, 0.1) is 28.1 Å². The van der Waals surface area contributed by atoms with Crippen LogP contribution in [0.2, 0.25) is 10.0 Å². The topological polar surface area (TPSA) is 33.0 Å². The van der Waals surface area contributed by atoms with Crippen molar-refractivity contribution in [1.82, 2.24) is 0 Å². The largest absolute Gasteiger partial charge is 0.372 e. The Labute approximate surface area is 105 Å². The Morgan fingerprint density at radius 2 is 2.19 bits per heavy atom. The molecule has 84 valence electrons. The summed E-state index contributed by atoms with van der Waals surface area (Å²) in [5, 5.41) is 10.1. The minimum Gasteiger partial charge on any atom is -0.372 e. The summed E-state index contributed by atoms with van der Waals surface area (Å²) in [6, 6.07) is 7.71. The predicted molar refractivity (Wildman–Crippen MR) is 63.5 cm³/mol. The van der Waals surface area contributed by atoms with Crippen LogP contribution in [0.5, 0.6) is 0 Å². The van der Waals surface area contributed by atoms with Crippen LogP contribution in [-0.2, 0) is 4.74 Å². The highest BCUT2D eigenvalue weighted by Crippen LogP contribution is 2.38. The summed E-state index contributed by atoms with van der Waals surface area (Å²) in [5.41, 5.74) is 0.820. The van der Waals surface area contributed by atoms with Crippen molar-refractivity contribution < 1.29 is 4.74 Å². The lowest BCUT2D eigenvalue weighted by molar-refractivity contribution is -0.0101. The zero-order valence-electron chi connectivity index (χ0n) is 8.62. The molecule has 2 atom stereocenters. The van der Waals surface area contributed by atoms with E-state index in [0.717, 1.165) is 18.4 Å². The van der Waals surface area contributed by atoms with Gasteiger partial charge in [-0.15, -0.1) is 0 Å². The summed E-state index contributed by atoms with van der Waals surface area (Å²) in [5.74, 6) is -0.135. The molecule has 4 heteroatoms. The first-order chi connectivity index (χ1) is 7.74. The van der Waals surface area contributed by atoms with E-state index in [1.807, 2.05) is 12.1 Å². The normalized spacial score (nSPS) is 25.1. The lowest BCUT2D eigenvalue weighted by atomic mass is 9.91. The summed E-state index contributed by atoms with van der Waals surface area (Å²) < 4.78 is 5.64. The lowest BCUT2D eigenvalue weighted by Gasteiger charge is -2.28. The fourth-order valence-electron chi connectivity index (χ4n) is 1.96. The van der Waals surface area contributed by atoms with E-state index in [9.17, 15) is 0 Å². The van der Waals surface area contributed by atoms with E-state index in [2.05, 4.69) is 6.07 Å². The Kier molecular flexibility index (Phi) is 3.70. The minimum atomic E-state index is -0.245. The van der Waals surface area contributed by atoms with Crippen LogP contribution in [0.3, 0.4) is 0 Å². The molecule has 1 heterocycles. The van der Waals surface area contributed by atoms with Crippen LogP contribution in [0.25, 0.3) is 0 Å². The Bertz CT molecular complexity index is 428. The average molecular weight is 256 g/mol. The third-order valence-electron chi connectivity index (χ3n) is 2.78. The molecule has 0 amide bonds. The third kappa shape index (κ3) is 2.17. The van der Waals surface area contributed by atoms with Crippen LogP contribution in [0, 0.1) is 17.2 Å². The van der Waals surface area contributed by atoms with Gasteiger partial charge in [0.2, 0.25) is 0 Å². The molecule has 1 aliphatic heterocycles. The zero-order valence-corrected chi connectivity index (χ0v) is 10.1. The van der Waals surface area contributed by atoms with Gasteiger partial charge in [-0.1, -0.05) is 35.3 Å². The Balaban J connectivity index is 2.35. The van der Waals surface area contributed by atoms with Gasteiger partial charge in [-0.3, -0.25) is 0 Å². The Morgan fingerprint density at radius 1 is 1.38 bits per heavy atom. The van der Waals surface area contributed by atoms with Crippen LogP contribution in [0.15, 0.2) is 18.2 Å². The molecule has 2 rings (SSSR count). The van der Waals surface area contributed by atoms with Gasteiger partial charge in [0.15, 0.2) is 0 Å². The van der Waals surface area contributed by atoms with E-state index in [-0.39, 0.29) is 12.0 Å². The standard InChI is InChI=1S/C12H11Cl2NO/c13-10-5-1-4-9(11(10)14)12-8(7-15)3-2-6-16-12/h1,4-5,8,12H,2-3,6H2. The van der Waals surface area contributed by atoms with Gasteiger partial charge in [-0.25, -0.2) is 0 Å². The van der Waals surface area contributed by atoms with E-state index >= 15 is 0 Å². The van der Waals surface area contributed by atoms with Crippen molar-refractivity contribution in [1.29, 1.82) is 5.26 Å². The molecule has 1 saturated heterocycles. The summed E-state index contributed by atoms with van der Waals surface area (Å²) in [6.45, 7) is 0.672. The first-order valence-electron chi connectivity index (χ1n) is 5.19. The molecule has 0 N–H and O–H groups in total. The lowest BCUT2D eigenvalue weighted by Crippen LogP contribution is -2.21. The molecule has 0 spiro atoms. The van der Waals surface area contributed by atoms with Crippen molar-refractivity contribution in [3.8, 4) is 6.07 Å². The highest BCUT2D eigenvalue weighted by Gasteiger charge is 2.29. The number of hydrogen-bond acceptors (Lipinski definition) is 2. The zero-order chi connectivity index (χ0) is 11.5. The number of nitrogens with zero attached hydrogens (tertiary/aromatic N) is 1. The van der Waals surface area contributed by atoms with Gasteiger partial charge in [0.25, 0.3) is 0 Å². The number of hydrogen-bond donors (Lipinski definition) is 0. The molecule has 2 unspecified atom stereocenters. The first-order valence-corrected chi connectivity index (χ1v) is 5.94. The molecule has 0 bridgehead atoms. The smallest absolute Gasteiger partial charge is 0.0997 e. The van der Waals surface area contributed by atoms with Crippen molar-refractivity contribution in [2.75, 3.05) is 6.61 Å². The van der Waals surface area contributed by atoms with E-state index in [1.165, 1.54) is 0 Å². The third-order valence-corrected chi connectivity index (χ3v) is 3.61. The highest BCUT2D eigenvalue weighted by atomic mass is 35.5. The van der Waals surface area contributed by atoms with Crippen LogP contribution in [0.1, 0.15) is 24.5 Å². The van der Waals surface area contributed by atoms with Gasteiger partial charge < -0.3 is 4.74 Å². The molecule has 0 saturated carbocycles. The predicted octanol–water partition coefficient (Wildman–Crippen LogP) is 3.98. The maximum Gasteiger partial charge on any atom is 0.0997 e. The van der Waals surface area contributed by atoms with E-state index in [1.54, 1.807) is 6.07 Å². The molecular formula is C12H11Cl2NO. The van der Waals surface area contributed by atoms with Crippen LogP contribution in [-0.4, -0.2) is 6.61 Å². The molecule has 1 aromatic carbocycles. The molecule has 2 nitrogen and oxygen atoms in total. The summed E-state index contributed by atoms with van der Waals surface area (Å²) in [7, 11) is 0. The van der Waals surface area contributed by atoms with Gasteiger partial charge in [-0.2, -0.15) is 5.26 Å². The van der Waals surface area contributed by atoms with Crippen molar-refractivity contribution in [2.45, 2.75) is 18.9 Å². The molecular weight excluding hydrogens is 245 g/mol. The maximum absolute atomic E-state index is 9.08. The second-order valence-corrected chi connectivity index (χ2v) is 4.60. The number of rotatable bonds is 1. The van der Waals surface area contributed by atoms with E-state index in [0.29, 0.717) is 16.7 Å². The van der Waals surface area contributed by atoms with Crippen molar-refractivity contribution in [3.63, 3.8) is 0 Å². The molecule has 1 aromatic rings. The number of ether oxygens (including phenoxy) is 1. The van der Waals surface area contributed by atoms with Gasteiger partial charge in [-0.05, 0) is 18.9 Å². The monoisotopic (exact) mass is 255 g/mol. The second-order valence-electron chi connectivity index (χ2n) is 3.81. The maximum atomic E-state index is 9.08. The summed E-state index contributed by atoms with van der Waals surface area (Å²) in [4.78, 5) is 0. The second kappa shape index (κ2) is 5.05. The first kappa shape index (κ1) is 11.7. The van der Waals surface area contributed by atoms with Gasteiger partial charge >= 0.3 is 0 Å². The summed E-state index contributed by atoms with van der Waals surface area (Å²) >= 11 is 12.1. The fourth-order valence-corrected chi connectivity index (χ4v) is 2.38. The summed E-state index contributed by atoms with van der Waals surface area (Å²) in [6.07, 6.45) is 1.53. The molecule has 0 radical (unpaired) electrons. The average Bonchev–Trinajstić information content (AvgIpc) is 2.33. The number of nitriles is 1. The number of benzene rings is 1. The van der Waals surface area contributed by atoms with Gasteiger partial charge in [0.1, 0.15) is 0 Å². The number of halogens is 2. The SMILES string of the molecule is N#CC1CCCOC1c1cccc(Cl)c1Cl. The van der Waals surface area contributed by atoms with Crippen molar-refractivity contribution in [3.05, 3.63) is 33.8 Å². The van der Waals surface area contributed by atoms with Crippen LogP contribution < -0.4 is 0 Å². The van der Waals surface area contributed by atoms with Crippen LogP contribution >= 0.6 is 23.2 Å². The molecule has 1 aliphatic rings. The molecule has 16 heavy (non-hydrogen) atoms. The quantitative estimate of drug-likeness (QED) is 0.761. The van der Waals surface area contributed by atoms with Crippen LogP contribution in [0.4, 0.5) is 0 Å². The van der Waals surface area contributed by atoms with E-state index < -0.39 is 0 Å². The molecule has 0 aromatic heterocycles. The Hall–Kier alpha value is -0.750. The van der Waals surface area contributed by atoms with Crippen molar-refractivity contribution >= 4 is 23.2 Å². The van der Waals surface area contributed by atoms with Crippen molar-refractivity contribution in [2.24, 2.45) is 5.92 Å². The van der Waals surface area contributed by atoms with E-state index in [4.69, 9.17) is 33.2 Å². The minimum absolute atomic E-state index is 0.135. The highest BCUT2D eigenvalue weighted by molar-refractivity contribution is 6.42. The van der Waals surface area contributed by atoms with Gasteiger partial charge in [0, 0.05) is 12.2 Å².